The third kappa shape index (κ3) is 0.967. The lowest BCUT2D eigenvalue weighted by Crippen LogP contribution is -2.49. The number of allylic oxidation sites excluding steroid dienone is 2. The molecular formula is C12H19. The monoisotopic (exact) mass is 163 g/mol. The van der Waals surface area contributed by atoms with Crippen LogP contribution in [-0.2, 0) is 0 Å². The van der Waals surface area contributed by atoms with Crippen molar-refractivity contribution in [3.8, 4) is 0 Å². The van der Waals surface area contributed by atoms with Crippen LogP contribution in [0.15, 0.2) is 11.6 Å². The van der Waals surface area contributed by atoms with Gasteiger partial charge in [-0.05, 0) is 42.9 Å². The normalized spacial score (nSPS) is 41.1. The van der Waals surface area contributed by atoms with Gasteiger partial charge in [0.1, 0.15) is 0 Å². The first-order chi connectivity index (χ1) is 5.66. The molecule has 3 saturated carbocycles. The summed E-state index contributed by atoms with van der Waals surface area (Å²) in [6.07, 6.45) is 8.81. The van der Waals surface area contributed by atoms with E-state index in [1.807, 2.05) is 0 Å². The smallest absolute Gasteiger partial charge is 0.0146 e. The van der Waals surface area contributed by atoms with E-state index in [0.29, 0.717) is 5.41 Å². The maximum Gasteiger partial charge on any atom is -0.0146 e. The third-order valence-corrected chi connectivity index (χ3v) is 4.08. The molecule has 2 unspecified atom stereocenters. The summed E-state index contributed by atoms with van der Waals surface area (Å²) in [5.74, 6) is 1.93. The van der Waals surface area contributed by atoms with Crippen molar-refractivity contribution in [3.05, 3.63) is 18.1 Å². The van der Waals surface area contributed by atoms with Crippen LogP contribution in [0.1, 0.15) is 40.0 Å². The highest BCUT2D eigenvalue weighted by Crippen LogP contribution is 2.61. The van der Waals surface area contributed by atoms with Crippen LogP contribution >= 0.6 is 0 Å². The Hall–Kier alpha value is -0.260. The van der Waals surface area contributed by atoms with Crippen molar-refractivity contribution < 1.29 is 0 Å². The molecule has 0 amide bonds. The van der Waals surface area contributed by atoms with E-state index in [1.165, 1.54) is 19.3 Å². The molecule has 2 atom stereocenters. The summed E-state index contributed by atoms with van der Waals surface area (Å²) in [6.45, 7) is 7.01. The molecule has 0 aromatic rings. The second-order valence-electron chi connectivity index (χ2n) is 4.92. The van der Waals surface area contributed by atoms with Crippen molar-refractivity contribution in [1.29, 1.82) is 0 Å². The SMILES string of the molecule is C[CH]C=C1CCC2CC1C2(C)C. The van der Waals surface area contributed by atoms with Gasteiger partial charge in [0, 0.05) is 0 Å². The molecule has 3 fully saturated rings. The Balaban J connectivity index is 2.16. The highest BCUT2D eigenvalue weighted by Gasteiger charge is 2.51. The van der Waals surface area contributed by atoms with Crippen LogP contribution in [0.5, 0.6) is 0 Å². The zero-order valence-corrected chi connectivity index (χ0v) is 8.43. The lowest BCUT2D eigenvalue weighted by Gasteiger charge is -2.58. The van der Waals surface area contributed by atoms with Crippen molar-refractivity contribution in [2.24, 2.45) is 17.3 Å². The van der Waals surface area contributed by atoms with Crippen molar-refractivity contribution in [3.63, 3.8) is 0 Å². The molecule has 0 saturated heterocycles. The summed E-state index contributed by atoms with van der Waals surface area (Å²) in [6, 6.07) is 0. The lowest BCUT2D eigenvalue weighted by atomic mass is 9.47. The molecule has 0 aromatic heterocycles. The fourth-order valence-corrected chi connectivity index (χ4v) is 3.06. The van der Waals surface area contributed by atoms with Crippen molar-refractivity contribution in [2.45, 2.75) is 40.0 Å². The van der Waals surface area contributed by atoms with E-state index in [1.54, 1.807) is 5.57 Å². The van der Waals surface area contributed by atoms with Gasteiger partial charge in [0.15, 0.2) is 0 Å². The van der Waals surface area contributed by atoms with E-state index in [-0.39, 0.29) is 0 Å². The molecule has 0 aliphatic heterocycles. The first-order valence-corrected chi connectivity index (χ1v) is 5.14. The second kappa shape index (κ2) is 2.61. The fourth-order valence-electron chi connectivity index (χ4n) is 3.06. The van der Waals surface area contributed by atoms with Crippen molar-refractivity contribution in [2.75, 3.05) is 0 Å². The van der Waals surface area contributed by atoms with Gasteiger partial charge < -0.3 is 0 Å². The van der Waals surface area contributed by atoms with Crippen LogP contribution in [-0.4, -0.2) is 0 Å². The van der Waals surface area contributed by atoms with E-state index in [2.05, 4.69) is 33.3 Å². The summed E-state index contributed by atoms with van der Waals surface area (Å²) < 4.78 is 0. The van der Waals surface area contributed by atoms with Crippen LogP contribution in [0.25, 0.3) is 0 Å². The number of rotatable bonds is 1. The number of hydrogen-bond acceptors (Lipinski definition) is 0. The summed E-state index contributed by atoms with van der Waals surface area (Å²) in [5.41, 5.74) is 2.33. The molecule has 3 rings (SSSR count). The molecule has 3 aliphatic rings. The Morgan fingerprint density at radius 3 is 2.67 bits per heavy atom. The maximum absolute atomic E-state index is 2.44. The molecule has 67 valence electrons. The van der Waals surface area contributed by atoms with Gasteiger partial charge in [-0.2, -0.15) is 0 Å². The molecule has 0 N–H and O–H groups in total. The summed E-state index contributed by atoms with van der Waals surface area (Å²) in [7, 11) is 0. The van der Waals surface area contributed by atoms with Crippen LogP contribution in [0, 0.1) is 23.7 Å². The minimum atomic E-state index is 0.618. The molecule has 0 aromatic carbocycles. The number of fused-ring (bicyclic) bond motifs is 2. The van der Waals surface area contributed by atoms with Gasteiger partial charge in [-0.1, -0.05) is 32.4 Å². The minimum absolute atomic E-state index is 0.618. The summed E-state index contributed by atoms with van der Waals surface area (Å²) >= 11 is 0. The molecular weight excluding hydrogens is 144 g/mol. The highest BCUT2D eigenvalue weighted by atomic mass is 14.6. The quantitative estimate of drug-likeness (QED) is 0.554. The van der Waals surface area contributed by atoms with Crippen LogP contribution in [0.4, 0.5) is 0 Å². The molecule has 0 heteroatoms. The van der Waals surface area contributed by atoms with Crippen LogP contribution < -0.4 is 0 Å². The highest BCUT2D eigenvalue weighted by molar-refractivity contribution is 5.23. The number of hydrogen-bond donors (Lipinski definition) is 0. The topological polar surface area (TPSA) is 0 Å². The molecule has 1 radical (unpaired) electrons. The molecule has 0 heterocycles. The third-order valence-electron chi connectivity index (χ3n) is 4.08. The summed E-state index contributed by atoms with van der Waals surface area (Å²) in [5, 5.41) is 0. The average Bonchev–Trinajstić information content (AvgIpc) is 2.05. The van der Waals surface area contributed by atoms with E-state index in [9.17, 15) is 0 Å². The zero-order chi connectivity index (χ0) is 8.77. The second-order valence-corrected chi connectivity index (χ2v) is 4.92. The summed E-state index contributed by atoms with van der Waals surface area (Å²) in [4.78, 5) is 0. The first-order valence-electron chi connectivity index (χ1n) is 5.14. The zero-order valence-electron chi connectivity index (χ0n) is 8.43. The standard InChI is InChI=1S/C12H19/c1-4-5-9-6-7-10-8-11(9)12(10,2)3/h4-5,10-11H,6-8H2,1-3H3. The van der Waals surface area contributed by atoms with E-state index in [4.69, 9.17) is 0 Å². The van der Waals surface area contributed by atoms with Gasteiger partial charge in [0.05, 0.1) is 0 Å². The molecule has 2 bridgehead atoms. The van der Waals surface area contributed by atoms with Crippen molar-refractivity contribution >= 4 is 0 Å². The molecule has 3 aliphatic carbocycles. The van der Waals surface area contributed by atoms with Gasteiger partial charge in [-0.15, -0.1) is 0 Å². The van der Waals surface area contributed by atoms with E-state index < -0.39 is 0 Å². The Kier molecular flexibility index (Phi) is 1.82. The fraction of sp³-hybridized carbons (Fsp3) is 0.750. The molecule has 0 spiro atoms. The van der Waals surface area contributed by atoms with E-state index >= 15 is 0 Å². The predicted molar refractivity (Wildman–Crippen MR) is 52.7 cm³/mol. The largest absolute Gasteiger partial charge is 0.0816 e. The first kappa shape index (κ1) is 8.34. The van der Waals surface area contributed by atoms with Gasteiger partial charge in [0.25, 0.3) is 0 Å². The van der Waals surface area contributed by atoms with Gasteiger partial charge in [-0.25, -0.2) is 0 Å². The Morgan fingerprint density at radius 1 is 1.42 bits per heavy atom. The Morgan fingerprint density at radius 2 is 2.17 bits per heavy atom. The van der Waals surface area contributed by atoms with Gasteiger partial charge in [0.2, 0.25) is 0 Å². The van der Waals surface area contributed by atoms with E-state index in [0.717, 1.165) is 11.8 Å². The van der Waals surface area contributed by atoms with Crippen LogP contribution in [0.2, 0.25) is 0 Å². The predicted octanol–water partition coefficient (Wildman–Crippen LogP) is 3.59. The van der Waals surface area contributed by atoms with Crippen molar-refractivity contribution in [1.82, 2.24) is 0 Å². The Bertz CT molecular complexity index is 208. The lowest BCUT2D eigenvalue weighted by molar-refractivity contribution is -0.0277. The maximum atomic E-state index is 2.44. The van der Waals surface area contributed by atoms with Gasteiger partial charge in [-0.3, -0.25) is 0 Å². The average molecular weight is 163 g/mol. The molecule has 0 nitrogen and oxygen atoms in total. The van der Waals surface area contributed by atoms with Crippen LogP contribution in [0.3, 0.4) is 0 Å². The van der Waals surface area contributed by atoms with Gasteiger partial charge >= 0.3 is 0 Å². The minimum Gasteiger partial charge on any atom is -0.0816 e. The Labute approximate surface area is 76.1 Å². The molecule has 12 heavy (non-hydrogen) atoms.